The normalized spacial score (nSPS) is 16.6. The van der Waals surface area contributed by atoms with Crippen molar-refractivity contribution in [3.05, 3.63) is 33.3 Å². The Balaban J connectivity index is 1.65. The standard InChI is InChI=1S/C18H26N4O3S3/c1-13(2)25-17-19-22(18(26)27-17)12-20-7-9-21(10-8-20)28(23,24)16-11-14(3)5-6-15(16)4/h5-6,11,13H,7-10,12H2,1-4H3. The van der Waals surface area contributed by atoms with Crippen LogP contribution in [-0.2, 0) is 16.7 Å². The van der Waals surface area contributed by atoms with Gasteiger partial charge in [0.2, 0.25) is 10.0 Å². The van der Waals surface area contributed by atoms with Crippen molar-refractivity contribution in [2.24, 2.45) is 0 Å². The second-order valence-electron chi connectivity index (χ2n) is 7.23. The van der Waals surface area contributed by atoms with Gasteiger partial charge in [0.15, 0.2) is 3.95 Å². The molecule has 1 aromatic carbocycles. The van der Waals surface area contributed by atoms with E-state index >= 15 is 0 Å². The van der Waals surface area contributed by atoms with Gasteiger partial charge >= 0.3 is 0 Å². The minimum Gasteiger partial charge on any atom is -0.466 e. The van der Waals surface area contributed by atoms with Gasteiger partial charge in [0, 0.05) is 26.2 Å². The summed E-state index contributed by atoms with van der Waals surface area (Å²) < 4.78 is 35.7. The molecule has 0 spiro atoms. The minimum atomic E-state index is -3.48. The van der Waals surface area contributed by atoms with Crippen molar-refractivity contribution in [2.45, 2.75) is 45.4 Å². The Morgan fingerprint density at radius 3 is 2.54 bits per heavy atom. The van der Waals surface area contributed by atoms with Crippen molar-refractivity contribution in [2.75, 3.05) is 26.2 Å². The predicted molar refractivity (Wildman–Crippen MR) is 113 cm³/mol. The number of nitrogens with zero attached hydrogens (tertiary/aromatic N) is 4. The summed E-state index contributed by atoms with van der Waals surface area (Å²) in [6, 6.07) is 5.54. The molecule has 2 heterocycles. The number of piperazine rings is 1. The van der Waals surface area contributed by atoms with Gasteiger partial charge in [0.25, 0.3) is 5.19 Å². The second-order valence-corrected chi connectivity index (χ2v) is 10.7. The molecule has 1 saturated heterocycles. The van der Waals surface area contributed by atoms with E-state index in [1.54, 1.807) is 15.1 Å². The smallest absolute Gasteiger partial charge is 0.293 e. The molecular formula is C18H26N4O3S3. The molecule has 1 aliphatic rings. The number of ether oxygens (including phenoxy) is 1. The molecule has 0 saturated carbocycles. The molecule has 28 heavy (non-hydrogen) atoms. The third-order valence-corrected chi connectivity index (χ3v) is 7.79. The van der Waals surface area contributed by atoms with Crippen LogP contribution in [0.4, 0.5) is 0 Å². The molecule has 1 aliphatic heterocycles. The van der Waals surface area contributed by atoms with Gasteiger partial charge in [0.1, 0.15) is 0 Å². The maximum atomic E-state index is 13.0. The quantitative estimate of drug-likeness (QED) is 0.641. The number of rotatable bonds is 6. The Labute approximate surface area is 175 Å². The fraction of sp³-hybridized carbons (Fsp3) is 0.556. The topological polar surface area (TPSA) is 67.7 Å². The average molecular weight is 443 g/mol. The molecule has 3 rings (SSSR count). The zero-order valence-electron chi connectivity index (χ0n) is 16.6. The summed E-state index contributed by atoms with van der Waals surface area (Å²) in [5, 5.41) is 4.98. The van der Waals surface area contributed by atoms with Crippen molar-refractivity contribution in [3.8, 4) is 5.19 Å². The van der Waals surface area contributed by atoms with Crippen LogP contribution < -0.4 is 4.74 Å². The molecule has 0 radical (unpaired) electrons. The van der Waals surface area contributed by atoms with E-state index in [1.807, 2.05) is 39.8 Å². The Morgan fingerprint density at radius 1 is 1.21 bits per heavy atom. The van der Waals surface area contributed by atoms with Crippen LogP contribution in [0.25, 0.3) is 0 Å². The zero-order valence-corrected chi connectivity index (χ0v) is 19.0. The van der Waals surface area contributed by atoms with Crippen LogP contribution in [-0.4, -0.2) is 59.7 Å². The summed E-state index contributed by atoms with van der Waals surface area (Å²) in [5.41, 5.74) is 1.72. The van der Waals surface area contributed by atoms with Crippen molar-refractivity contribution in [1.29, 1.82) is 0 Å². The summed E-state index contributed by atoms with van der Waals surface area (Å²) in [6.45, 7) is 10.3. The van der Waals surface area contributed by atoms with Crippen LogP contribution in [0, 0.1) is 17.8 Å². The van der Waals surface area contributed by atoms with Crippen LogP contribution in [0.1, 0.15) is 25.0 Å². The average Bonchev–Trinajstić information content (AvgIpc) is 2.95. The van der Waals surface area contributed by atoms with E-state index in [0.29, 0.717) is 46.9 Å². The molecule has 1 aromatic heterocycles. The number of aryl methyl sites for hydroxylation is 2. The fourth-order valence-corrected chi connectivity index (χ4v) is 5.83. The number of hydrogen-bond acceptors (Lipinski definition) is 7. The predicted octanol–water partition coefficient (Wildman–Crippen LogP) is 3.04. The molecule has 154 valence electrons. The number of benzene rings is 1. The Kier molecular flexibility index (Phi) is 6.55. The maximum Gasteiger partial charge on any atom is 0.293 e. The molecule has 0 unspecified atom stereocenters. The van der Waals surface area contributed by atoms with Crippen molar-refractivity contribution in [1.82, 2.24) is 19.0 Å². The molecule has 2 aromatic rings. The summed E-state index contributed by atoms with van der Waals surface area (Å²) >= 11 is 6.72. The molecule has 0 bridgehead atoms. The van der Waals surface area contributed by atoms with Gasteiger partial charge in [-0.05, 0) is 68.4 Å². The van der Waals surface area contributed by atoms with Crippen molar-refractivity contribution in [3.63, 3.8) is 0 Å². The molecule has 1 fully saturated rings. The van der Waals surface area contributed by atoms with Crippen molar-refractivity contribution < 1.29 is 13.2 Å². The van der Waals surface area contributed by atoms with Crippen LogP contribution in [0.15, 0.2) is 23.1 Å². The van der Waals surface area contributed by atoms with Gasteiger partial charge in [-0.25, -0.2) is 13.1 Å². The highest BCUT2D eigenvalue weighted by Gasteiger charge is 2.30. The number of hydrogen-bond donors (Lipinski definition) is 0. The highest BCUT2D eigenvalue weighted by Crippen LogP contribution is 2.23. The van der Waals surface area contributed by atoms with Crippen LogP contribution in [0.3, 0.4) is 0 Å². The molecule has 0 N–H and O–H groups in total. The first-order chi connectivity index (χ1) is 13.2. The van der Waals surface area contributed by atoms with Gasteiger partial charge in [-0.2, -0.15) is 4.31 Å². The fourth-order valence-electron chi connectivity index (χ4n) is 3.05. The largest absolute Gasteiger partial charge is 0.466 e. The summed E-state index contributed by atoms with van der Waals surface area (Å²) in [6.07, 6.45) is 0.0489. The lowest BCUT2D eigenvalue weighted by atomic mass is 10.2. The first-order valence-electron chi connectivity index (χ1n) is 9.21. The van der Waals surface area contributed by atoms with Gasteiger partial charge in [-0.1, -0.05) is 12.1 Å². The Morgan fingerprint density at radius 2 is 1.89 bits per heavy atom. The van der Waals surface area contributed by atoms with E-state index < -0.39 is 10.0 Å². The summed E-state index contributed by atoms with van der Waals surface area (Å²) in [4.78, 5) is 2.56. The zero-order chi connectivity index (χ0) is 20.5. The van der Waals surface area contributed by atoms with Crippen LogP contribution >= 0.6 is 23.6 Å². The molecular weight excluding hydrogens is 416 g/mol. The number of aromatic nitrogens is 2. The highest BCUT2D eigenvalue weighted by molar-refractivity contribution is 7.89. The van der Waals surface area contributed by atoms with Gasteiger partial charge in [0.05, 0.1) is 17.7 Å². The lowest BCUT2D eigenvalue weighted by Gasteiger charge is -2.34. The third kappa shape index (κ3) is 4.80. The molecule has 0 atom stereocenters. The minimum absolute atomic E-state index is 0.0489. The van der Waals surface area contributed by atoms with E-state index in [0.717, 1.165) is 11.1 Å². The maximum absolute atomic E-state index is 13.0. The van der Waals surface area contributed by atoms with Crippen molar-refractivity contribution >= 4 is 33.6 Å². The molecule has 0 amide bonds. The Bertz CT molecular complexity index is 990. The van der Waals surface area contributed by atoms with E-state index in [2.05, 4.69) is 10.00 Å². The monoisotopic (exact) mass is 442 g/mol. The van der Waals surface area contributed by atoms with Gasteiger partial charge < -0.3 is 4.74 Å². The SMILES string of the molecule is Cc1ccc(C)c(S(=O)(=O)N2CCN(Cn3nc(OC(C)C)sc3=S)CC2)c1. The number of sulfonamides is 1. The summed E-state index contributed by atoms with van der Waals surface area (Å²) in [5.74, 6) is 0. The second kappa shape index (κ2) is 8.58. The van der Waals surface area contributed by atoms with Gasteiger partial charge in [-0.15, -0.1) is 5.10 Å². The molecule has 7 nitrogen and oxygen atoms in total. The van der Waals surface area contributed by atoms with Crippen LogP contribution in [0.5, 0.6) is 5.19 Å². The van der Waals surface area contributed by atoms with Gasteiger partial charge in [-0.3, -0.25) is 4.90 Å². The summed E-state index contributed by atoms with van der Waals surface area (Å²) in [7, 11) is -3.48. The first-order valence-corrected chi connectivity index (χ1v) is 11.9. The lowest BCUT2D eigenvalue weighted by Crippen LogP contribution is -2.49. The molecule has 0 aliphatic carbocycles. The van der Waals surface area contributed by atoms with E-state index in [9.17, 15) is 8.42 Å². The van der Waals surface area contributed by atoms with Crippen LogP contribution in [0.2, 0.25) is 0 Å². The lowest BCUT2D eigenvalue weighted by molar-refractivity contribution is 0.142. The van der Waals surface area contributed by atoms with E-state index in [1.165, 1.54) is 11.3 Å². The third-order valence-electron chi connectivity index (χ3n) is 4.55. The first kappa shape index (κ1) is 21.4. The Hall–Kier alpha value is -1.33. The van der Waals surface area contributed by atoms with E-state index in [4.69, 9.17) is 17.0 Å². The van der Waals surface area contributed by atoms with E-state index in [-0.39, 0.29) is 6.10 Å². The molecule has 10 heteroatoms. The highest BCUT2D eigenvalue weighted by atomic mass is 32.2.